The summed E-state index contributed by atoms with van der Waals surface area (Å²) in [6.07, 6.45) is -3.58. The van der Waals surface area contributed by atoms with Crippen LogP contribution in [-0.2, 0) is 11.0 Å². The molecule has 0 unspecified atom stereocenters. The first-order valence-corrected chi connectivity index (χ1v) is 8.27. The molecule has 0 saturated heterocycles. The highest BCUT2D eigenvalue weighted by Gasteiger charge is 2.32. The SMILES string of the molecule is CNc1nnc(C2=NO[C@H](CNc3ncc(C(F)(F)F)cc3Cl)C2)s1. The summed E-state index contributed by atoms with van der Waals surface area (Å²) in [5.74, 6) is 0.153. The van der Waals surface area contributed by atoms with Gasteiger partial charge in [-0.2, -0.15) is 13.2 Å². The molecule has 25 heavy (non-hydrogen) atoms. The smallest absolute Gasteiger partial charge is 0.390 e. The second-order valence-corrected chi connectivity index (χ2v) is 6.45. The number of nitrogens with one attached hydrogen (secondary N) is 2. The minimum Gasteiger partial charge on any atom is -0.390 e. The van der Waals surface area contributed by atoms with E-state index in [9.17, 15) is 13.2 Å². The highest BCUT2D eigenvalue weighted by Crippen LogP contribution is 2.32. The van der Waals surface area contributed by atoms with Crippen LogP contribution in [0.3, 0.4) is 0 Å². The Morgan fingerprint density at radius 2 is 2.20 bits per heavy atom. The lowest BCUT2D eigenvalue weighted by Crippen LogP contribution is -2.21. The Hall–Kier alpha value is -2.14. The van der Waals surface area contributed by atoms with Crippen LogP contribution in [-0.4, -0.2) is 40.6 Å². The van der Waals surface area contributed by atoms with Crippen LogP contribution in [0.15, 0.2) is 17.4 Å². The normalized spacial score (nSPS) is 17.2. The van der Waals surface area contributed by atoms with Crippen molar-refractivity contribution in [2.24, 2.45) is 5.16 Å². The molecule has 0 fully saturated rings. The Bertz CT molecular complexity index is 796. The van der Waals surface area contributed by atoms with E-state index in [4.69, 9.17) is 16.4 Å². The van der Waals surface area contributed by atoms with Gasteiger partial charge >= 0.3 is 6.18 Å². The second kappa shape index (κ2) is 7.00. The summed E-state index contributed by atoms with van der Waals surface area (Å²) in [6, 6.07) is 0.828. The van der Waals surface area contributed by atoms with Crippen molar-refractivity contribution in [2.75, 3.05) is 24.2 Å². The monoisotopic (exact) mass is 392 g/mol. The fourth-order valence-electron chi connectivity index (χ4n) is 2.04. The number of nitrogens with zero attached hydrogens (tertiary/aromatic N) is 4. The molecule has 134 valence electrons. The van der Waals surface area contributed by atoms with Crippen LogP contribution in [0.5, 0.6) is 0 Å². The zero-order valence-electron chi connectivity index (χ0n) is 12.8. The van der Waals surface area contributed by atoms with Crippen LogP contribution < -0.4 is 10.6 Å². The van der Waals surface area contributed by atoms with Crippen LogP contribution in [0.4, 0.5) is 24.1 Å². The maximum absolute atomic E-state index is 12.6. The second-order valence-electron chi connectivity index (χ2n) is 5.06. The van der Waals surface area contributed by atoms with Gasteiger partial charge in [-0.25, -0.2) is 4.98 Å². The predicted octanol–water partition coefficient (Wildman–Crippen LogP) is 3.25. The zero-order chi connectivity index (χ0) is 18.0. The highest BCUT2D eigenvalue weighted by molar-refractivity contribution is 7.17. The van der Waals surface area contributed by atoms with E-state index in [0.717, 1.165) is 12.3 Å². The van der Waals surface area contributed by atoms with Crippen LogP contribution in [0, 0.1) is 0 Å². The van der Waals surface area contributed by atoms with Crippen molar-refractivity contribution in [1.82, 2.24) is 15.2 Å². The average molecular weight is 393 g/mol. The molecule has 1 aliphatic heterocycles. The molecule has 1 atom stereocenters. The van der Waals surface area contributed by atoms with Gasteiger partial charge in [0.2, 0.25) is 5.13 Å². The lowest BCUT2D eigenvalue weighted by atomic mass is 10.2. The molecule has 0 spiro atoms. The number of rotatable bonds is 5. The molecule has 12 heteroatoms. The van der Waals surface area contributed by atoms with E-state index < -0.39 is 11.7 Å². The number of aromatic nitrogens is 3. The first kappa shape index (κ1) is 17.7. The van der Waals surface area contributed by atoms with Gasteiger partial charge in [0, 0.05) is 19.7 Å². The third kappa shape index (κ3) is 4.10. The van der Waals surface area contributed by atoms with Crippen molar-refractivity contribution in [1.29, 1.82) is 0 Å². The van der Waals surface area contributed by atoms with E-state index in [1.165, 1.54) is 11.3 Å². The molecule has 0 aromatic carbocycles. The number of alkyl halides is 3. The molecule has 3 heterocycles. The molecule has 0 bridgehead atoms. The van der Waals surface area contributed by atoms with E-state index >= 15 is 0 Å². The van der Waals surface area contributed by atoms with Gasteiger partial charge in [-0.05, 0) is 6.07 Å². The van der Waals surface area contributed by atoms with Gasteiger partial charge < -0.3 is 15.5 Å². The van der Waals surface area contributed by atoms with Crippen molar-refractivity contribution in [3.8, 4) is 0 Å². The third-order valence-electron chi connectivity index (χ3n) is 3.28. The van der Waals surface area contributed by atoms with Crippen LogP contribution in [0.2, 0.25) is 5.02 Å². The summed E-state index contributed by atoms with van der Waals surface area (Å²) in [5.41, 5.74) is -0.236. The zero-order valence-corrected chi connectivity index (χ0v) is 14.3. The Balaban J connectivity index is 1.57. The Labute approximate surface area is 149 Å². The number of hydrogen-bond acceptors (Lipinski definition) is 8. The first-order chi connectivity index (χ1) is 11.9. The van der Waals surface area contributed by atoms with Crippen molar-refractivity contribution >= 4 is 39.6 Å². The van der Waals surface area contributed by atoms with E-state index in [1.807, 2.05) is 0 Å². The average Bonchev–Trinajstić information content (AvgIpc) is 3.21. The van der Waals surface area contributed by atoms with Gasteiger partial charge in [0.15, 0.2) is 5.01 Å². The summed E-state index contributed by atoms with van der Waals surface area (Å²) in [6.45, 7) is 0.281. The predicted molar refractivity (Wildman–Crippen MR) is 88.2 cm³/mol. The van der Waals surface area contributed by atoms with Crippen LogP contribution in [0.1, 0.15) is 17.0 Å². The van der Waals surface area contributed by atoms with Crippen molar-refractivity contribution in [3.63, 3.8) is 0 Å². The number of anilines is 2. The molecule has 3 rings (SSSR count). The standard InChI is InChI=1S/C13H12ClF3N6OS/c1-18-12-22-21-11(25-12)9-3-7(24-23-9)5-20-10-8(14)2-6(4-19-10)13(15,16)17/h2,4,7H,3,5H2,1H3,(H,18,22)(H,19,20)/t7-/m0/s1. The van der Waals surface area contributed by atoms with Gasteiger partial charge in [0.05, 0.1) is 17.1 Å². The van der Waals surface area contributed by atoms with E-state index in [-0.39, 0.29) is 23.5 Å². The number of hydrogen-bond donors (Lipinski definition) is 2. The summed E-state index contributed by atoms with van der Waals surface area (Å²) in [5, 5.41) is 18.9. The van der Waals surface area contributed by atoms with Gasteiger partial charge in [-0.15, -0.1) is 10.2 Å². The molecule has 7 nitrogen and oxygen atoms in total. The number of oxime groups is 1. The molecule has 0 saturated carbocycles. The molecule has 0 radical (unpaired) electrons. The van der Waals surface area contributed by atoms with E-state index in [2.05, 4.69) is 31.0 Å². The van der Waals surface area contributed by atoms with Crippen LogP contribution >= 0.6 is 22.9 Å². The summed E-state index contributed by atoms with van der Waals surface area (Å²) >= 11 is 7.19. The molecule has 2 aromatic heterocycles. The van der Waals surface area contributed by atoms with Gasteiger partial charge in [-0.1, -0.05) is 28.1 Å². The van der Waals surface area contributed by atoms with Crippen molar-refractivity contribution in [2.45, 2.75) is 18.7 Å². The first-order valence-electron chi connectivity index (χ1n) is 7.07. The topological polar surface area (TPSA) is 84.3 Å². The summed E-state index contributed by atoms with van der Waals surface area (Å²) in [7, 11) is 1.74. The van der Waals surface area contributed by atoms with Gasteiger partial charge in [0.25, 0.3) is 0 Å². The fraction of sp³-hybridized carbons (Fsp3) is 0.385. The molecular weight excluding hydrogens is 381 g/mol. The molecule has 1 aliphatic rings. The highest BCUT2D eigenvalue weighted by atomic mass is 35.5. The number of pyridine rings is 1. The van der Waals surface area contributed by atoms with Gasteiger partial charge in [0.1, 0.15) is 17.6 Å². The minimum atomic E-state index is -4.49. The lowest BCUT2D eigenvalue weighted by Gasteiger charge is -2.13. The van der Waals surface area contributed by atoms with Crippen molar-refractivity contribution < 1.29 is 18.0 Å². The van der Waals surface area contributed by atoms with Gasteiger partial charge in [-0.3, -0.25) is 0 Å². The molecular formula is C13H12ClF3N6OS. The largest absolute Gasteiger partial charge is 0.417 e. The quantitative estimate of drug-likeness (QED) is 0.812. The fourth-order valence-corrected chi connectivity index (χ4v) is 2.96. The molecule has 2 N–H and O–H groups in total. The van der Waals surface area contributed by atoms with Crippen molar-refractivity contribution in [3.05, 3.63) is 27.9 Å². The minimum absolute atomic E-state index is 0.114. The maximum Gasteiger partial charge on any atom is 0.417 e. The molecule has 0 amide bonds. The molecule has 2 aromatic rings. The Morgan fingerprint density at radius 1 is 1.40 bits per heavy atom. The van der Waals surface area contributed by atoms with E-state index in [1.54, 1.807) is 7.05 Å². The summed E-state index contributed by atoms with van der Waals surface area (Å²) in [4.78, 5) is 9.01. The summed E-state index contributed by atoms with van der Waals surface area (Å²) < 4.78 is 37.8. The Kier molecular flexibility index (Phi) is 4.95. The third-order valence-corrected chi connectivity index (χ3v) is 4.56. The number of halogens is 4. The maximum atomic E-state index is 12.6. The van der Waals surface area contributed by atoms with E-state index in [0.29, 0.717) is 22.3 Å². The Morgan fingerprint density at radius 3 is 2.84 bits per heavy atom. The van der Waals surface area contributed by atoms with Crippen LogP contribution in [0.25, 0.3) is 0 Å². The lowest BCUT2D eigenvalue weighted by molar-refractivity contribution is -0.137. The molecule has 0 aliphatic carbocycles.